The number of carbonyl (C=O) groups excluding carboxylic acids is 4. The van der Waals surface area contributed by atoms with Crippen molar-refractivity contribution in [2.75, 3.05) is 7.11 Å². The lowest BCUT2D eigenvalue weighted by molar-refractivity contribution is -0.146. The summed E-state index contributed by atoms with van der Waals surface area (Å²) < 4.78 is 10.2. The number of amides is 2. The van der Waals surface area contributed by atoms with Gasteiger partial charge in [0.1, 0.15) is 23.5 Å². The Balaban J connectivity index is 2.08. The average Bonchev–Trinajstić information content (AvgIpc) is 3.10. The molecule has 0 aromatic carbocycles. The highest BCUT2D eigenvalue weighted by atomic mass is 16.6. The van der Waals surface area contributed by atoms with Crippen molar-refractivity contribution in [3.8, 4) is 0 Å². The van der Waals surface area contributed by atoms with Crippen molar-refractivity contribution in [1.29, 1.82) is 0 Å². The predicted molar refractivity (Wildman–Crippen MR) is 115 cm³/mol. The van der Waals surface area contributed by atoms with Crippen LogP contribution in [0.2, 0.25) is 0 Å². The van der Waals surface area contributed by atoms with Crippen LogP contribution in [0.5, 0.6) is 0 Å². The van der Waals surface area contributed by atoms with Crippen LogP contribution < -0.4 is 10.6 Å². The van der Waals surface area contributed by atoms with Gasteiger partial charge in [0.05, 0.1) is 7.11 Å². The predicted octanol–water partition coefficient (Wildman–Crippen LogP) is 3.27. The maximum Gasteiger partial charge on any atom is 0.408 e. The van der Waals surface area contributed by atoms with Gasteiger partial charge in [-0.3, -0.25) is 9.59 Å². The largest absolute Gasteiger partial charge is 0.467 e. The van der Waals surface area contributed by atoms with E-state index in [9.17, 15) is 19.2 Å². The third-order valence-corrected chi connectivity index (χ3v) is 6.05. The SMILES string of the molecule is COC(=O)[C@H](C[C@@H]1CCCC1=O)NC(=O)[C@H](CC1CCCCC1)NC(=O)OC(C)(C)C. The van der Waals surface area contributed by atoms with Gasteiger partial charge in [0, 0.05) is 12.3 Å². The number of carbonyl (C=O) groups is 4. The summed E-state index contributed by atoms with van der Waals surface area (Å²) in [6.07, 6.45) is 7.50. The molecule has 0 heterocycles. The highest BCUT2D eigenvalue weighted by Crippen LogP contribution is 2.28. The second-order valence-corrected chi connectivity index (χ2v) is 9.81. The molecule has 0 aliphatic heterocycles. The molecule has 0 spiro atoms. The molecule has 176 valence electrons. The number of alkyl carbamates (subject to hydrolysis) is 1. The van der Waals surface area contributed by atoms with Crippen LogP contribution in [0, 0.1) is 11.8 Å². The Morgan fingerprint density at radius 2 is 1.65 bits per heavy atom. The highest BCUT2D eigenvalue weighted by molar-refractivity contribution is 5.90. The van der Waals surface area contributed by atoms with E-state index < -0.39 is 35.7 Å². The normalized spacial score (nSPS) is 21.8. The minimum atomic E-state index is -0.918. The molecule has 0 unspecified atom stereocenters. The van der Waals surface area contributed by atoms with Crippen LogP contribution in [-0.2, 0) is 23.9 Å². The van der Waals surface area contributed by atoms with Crippen LogP contribution in [0.25, 0.3) is 0 Å². The van der Waals surface area contributed by atoms with Gasteiger partial charge in [-0.05, 0) is 52.4 Å². The van der Waals surface area contributed by atoms with E-state index in [4.69, 9.17) is 9.47 Å². The number of ether oxygens (including phenoxy) is 2. The first kappa shape index (κ1) is 25.1. The van der Waals surface area contributed by atoms with Crippen LogP contribution in [0.1, 0.15) is 85.0 Å². The fraction of sp³-hybridized carbons (Fsp3) is 0.826. The fourth-order valence-corrected chi connectivity index (χ4v) is 4.49. The van der Waals surface area contributed by atoms with Crippen LogP contribution in [0.4, 0.5) is 4.79 Å². The standard InChI is InChI=1S/C23H38N2O6/c1-23(2,3)31-22(29)25-17(13-15-9-6-5-7-10-15)20(27)24-18(21(28)30-4)14-16-11-8-12-19(16)26/h15-18H,5-14H2,1-4H3,(H,24,27)(H,25,29)/t16-,17-,18-/m0/s1. The summed E-state index contributed by atoms with van der Waals surface area (Å²) in [5.41, 5.74) is -0.687. The number of ketones is 1. The molecule has 2 amide bonds. The van der Waals surface area contributed by atoms with Gasteiger partial charge in [-0.1, -0.05) is 32.1 Å². The number of hydrogen-bond acceptors (Lipinski definition) is 6. The third-order valence-electron chi connectivity index (χ3n) is 6.05. The molecule has 2 aliphatic carbocycles. The maximum absolute atomic E-state index is 13.1. The molecule has 2 N–H and O–H groups in total. The van der Waals surface area contributed by atoms with Gasteiger partial charge in [0.2, 0.25) is 5.91 Å². The van der Waals surface area contributed by atoms with Gasteiger partial charge >= 0.3 is 12.1 Å². The van der Waals surface area contributed by atoms with Crippen LogP contribution in [-0.4, -0.2) is 48.5 Å². The van der Waals surface area contributed by atoms with Gasteiger partial charge in [-0.25, -0.2) is 9.59 Å². The number of esters is 1. The summed E-state index contributed by atoms with van der Waals surface area (Å²) in [6, 6.07) is -1.73. The Hall–Kier alpha value is -2.12. The Morgan fingerprint density at radius 3 is 2.19 bits per heavy atom. The Kier molecular flexibility index (Phi) is 9.32. The van der Waals surface area contributed by atoms with Gasteiger partial charge < -0.3 is 20.1 Å². The zero-order valence-corrected chi connectivity index (χ0v) is 19.3. The summed E-state index contributed by atoms with van der Waals surface area (Å²) in [7, 11) is 1.26. The zero-order valence-electron chi connectivity index (χ0n) is 19.3. The molecule has 0 saturated heterocycles. The Bertz CT molecular complexity index is 651. The van der Waals surface area contributed by atoms with Crippen LogP contribution in [0.15, 0.2) is 0 Å². The van der Waals surface area contributed by atoms with E-state index >= 15 is 0 Å². The summed E-state index contributed by atoms with van der Waals surface area (Å²) in [5, 5.41) is 5.43. The van der Waals surface area contributed by atoms with Crippen molar-refractivity contribution in [3.05, 3.63) is 0 Å². The maximum atomic E-state index is 13.1. The molecule has 2 aliphatic rings. The smallest absolute Gasteiger partial charge is 0.408 e. The van der Waals surface area contributed by atoms with E-state index in [1.165, 1.54) is 13.5 Å². The molecule has 0 aromatic rings. The van der Waals surface area contributed by atoms with E-state index in [-0.39, 0.29) is 18.1 Å². The third kappa shape index (κ3) is 8.50. The molecule has 31 heavy (non-hydrogen) atoms. The van der Waals surface area contributed by atoms with E-state index in [0.717, 1.165) is 32.1 Å². The fourth-order valence-electron chi connectivity index (χ4n) is 4.49. The molecule has 8 heteroatoms. The Morgan fingerprint density at radius 1 is 0.968 bits per heavy atom. The molecule has 0 bridgehead atoms. The van der Waals surface area contributed by atoms with Crippen molar-refractivity contribution < 1.29 is 28.7 Å². The first-order chi connectivity index (χ1) is 14.6. The van der Waals surface area contributed by atoms with Gasteiger partial charge in [0.15, 0.2) is 0 Å². The molecular formula is C23H38N2O6. The number of nitrogens with one attached hydrogen (secondary N) is 2. The second-order valence-electron chi connectivity index (χ2n) is 9.81. The van der Waals surface area contributed by atoms with Gasteiger partial charge in [-0.15, -0.1) is 0 Å². The summed E-state index contributed by atoms with van der Waals surface area (Å²) in [5.74, 6) is -0.833. The molecule has 0 radical (unpaired) electrons. The number of rotatable bonds is 8. The van der Waals surface area contributed by atoms with E-state index in [1.54, 1.807) is 20.8 Å². The molecule has 2 rings (SSSR count). The van der Waals surface area contributed by atoms with Crippen molar-refractivity contribution in [3.63, 3.8) is 0 Å². The number of hydrogen-bond donors (Lipinski definition) is 2. The van der Waals surface area contributed by atoms with Crippen LogP contribution >= 0.6 is 0 Å². The lowest BCUT2D eigenvalue weighted by atomic mass is 9.84. The topological polar surface area (TPSA) is 111 Å². The molecule has 2 fully saturated rings. The average molecular weight is 439 g/mol. The minimum Gasteiger partial charge on any atom is -0.467 e. The zero-order chi connectivity index (χ0) is 23.0. The summed E-state index contributed by atoms with van der Waals surface area (Å²) in [4.78, 5) is 49.8. The quantitative estimate of drug-likeness (QED) is 0.563. The number of Topliss-reactive ketones (excluding diaryl/α,β-unsaturated/α-hetero) is 1. The van der Waals surface area contributed by atoms with Gasteiger partial charge in [-0.2, -0.15) is 0 Å². The molecule has 2 saturated carbocycles. The Labute approximate surface area is 185 Å². The lowest BCUT2D eigenvalue weighted by Gasteiger charge is -2.29. The number of methoxy groups -OCH3 is 1. The lowest BCUT2D eigenvalue weighted by Crippen LogP contribution is -2.53. The first-order valence-electron chi connectivity index (χ1n) is 11.5. The minimum absolute atomic E-state index is 0.119. The summed E-state index contributed by atoms with van der Waals surface area (Å²) >= 11 is 0. The van der Waals surface area contributed by atoms with Crippen molar-refractivity contribution in [1.82, 2.24) is 10.6 Å². The molecule has 0 aromatic heterocycles. The second kappa shape index (κ2) is 11.5. The monoisotopic (exact) mass is 438 g/mol. The molecule has 3 atom stereocenters. The van der Waals surface area contributed by atoms with Crippen LogP contribution in [0.3, 0.4) is 0 Å². The van der Waals surface area contributed by atoms with Crippen molar-refractivity contribution in [2.24, 2.45) is 11.8 Å². The van der Waals surface area contributed by atoms with Crippen molar-refractivity contribution >= 4 is 23.8 Å². The van der Waals surface area contributed by atoms with Crippen molar-refractivity contribution in [2.45, 2.75) is 103 Å². The van der Waals surface area contributed by atoms with E-state index in [2.05, 4.69) is 10.6 Å². The highest BCUT2D eigenvalue weighted by Gasteiger charge is 2.34. The van der Waals surface area contributed by atoms with E-state index in [0.29, 0.717) is 25.2 Å². The summed E-state index contributed by atoms with van der Waals surface area (Å²) in [6.45, 7) is 5.28. The first-order valence-corrected chi connectivity index (χ1v) is 11.5. The molecular weight excluding hydrogens is 400 g/mol. The van der Waals surface area contributed by atoms with E-state index in [1.807, 2.05) is 0 Å². The van der Waals surface area contributed by atoms with Gasteiger partial charge in [0.25, 0.3) is 0 Å². The molecule has 8 nitrogen and oxygen atoms in total.